The lowest BCUT2D eigenvalue weighted by Crippen LogP contribution is -2.36. The minimum Gasteiger partial charge on any atom is -0.479 e. The molecule has 0 aliphatic carbocycles. The maximum absolute atomic E-state index is 11.7. The van der Waals surface area contributed by atoms with E-state index >= 15 is 0 Å². The molecule has 0 fully saturated rings. The Balaban J connectivity index is 2.04. The van der Waals surface area contributed by atoms with Crippen molar-refractivity contribution in [1.82, 2.24) is 0 Å². The summed E-state index contributed by atoms with van der Waals surface area (Å²) in [5.74, 6) is -1.30. The third-order valence-corrected chi connectivity index (χ3v) is 3.91. The van der Waals surface area contributed by atoms with Crippen molar-refractivity contribution in [2.75, 3.05) is 0 Å². The van der Waals surface area contributed by atoms with E-state index in [2.05, 4.69) is 0 Å². The van der Waals surface area contributed by atoms with Gasteiger partial charge in [0.2, 0.25) is 5.60 Å². The quantitative estimate of drug-likeness (QED) is 0.773. The first-order valence-corrected chi connectivity index (χ1v) is 7.29. The standard InChI is InChI=1S/C20H16O3/c21-19(22)20(23,17-9-5-2-6-10-17)18-13-11-16(12-14-18)15-7-3-1-4-8-15/h1-14,23H,(H,21,22)/t20-/m0/s1. The summed E-state index contributed by atoms with van der Waals surface area (Å²) in [7, 11) is 0. The van der Waals surface area contributed by atoms with E-state index in [4.69, 9.17) is 0 Å². The van der Waals surface area contributed by atoms with Crippen molar-refractivity contribution in [3.8, 4) is 11.1 Å². The molecule has 3 aromatic carbocycles. The average Bonchev–Trinajstić information content (AvgIpc) is 2.62. The minimum absolute atomic E-state index is 0.330. The van der Waals surface area contributed by atoms with E-state index in [1.807, 2.05) is 42.5 Å². The maximum atomic E-state index is 11.7. The highest BCUT2D eigenvalue weighted by Gasteiger charge is 2.39. The van der Waals surface area contributed by atoms with Gasteiger partial charge in [-0.2, -0.15) is 0 Å². The number of benzene rings is 3. The molecular weight excluding hydrogens is 288 g/mol. The van der Waals surface area contributed by atoms with Crippen LogP contribution in [0.4, 0.5) is 0 Å². The van der Waals surface area contributed by atoms with E-state index in [0.717, 1.165) is 11.1 Å². The molecule has 0 bridgehead atoms. The lowest BCUT2D eigenvalue weighted by molar-refractivity contribution is -0.155. The van der Waals surface area contributed by atoms with Gasteiger partial charge in [0, 0.05) is 0 Å². The molecule has 0 saturated heterocycles. The van der Waals surface area contributed by atoms with Gasteiger partial charge in [-0.25, -0.2) is 4.79 Å². The lowest BCUT2D eigenvalue weighted by atomic mass is 9.85. The number of aliphatic carboxylic acids is 1. The SMILES string of the molecule is O=C(O)[C@](O)(c1ccccc1)c1ccc(-c2ccccc2)cc1. The summed E-state index contributed by atoms with van der Waals surface area (Å²) < 4.78 is 0. The molecule has 3 heteroatoms. The topological polar surface area (TPSA) is 57.5 Å². The zero-order valence-corrected chi connectivity index (χ0v) is 12.4. The zero-order valence-electron chi connectivity index (χ0n) is 12.4. The molecular formula is C20H16O3. The van der Waals surface area contributed by atoms with E-state index < -0.39 is 11.6 Å². The molecule has 0 aliphatic heterocycles. The molecule has 3 nitrogen and oxygen atoms in total. The van der Waals surface area contributed by atoms with E-state index in [0.29, 0.717) is 11.1 Å². The van der Waals surface area contributed by atoms with Crippen molar-refractivity contribution in [2.45, 2.75) is 5.60 Å². The van der Waals surface area contributed by atoms with Gasteiger partial charge in [0.05, 0.1) is 0 Å². The lowest BCUT2D eigenvalue weighted by Gasteiger charge is -2.24. The molecule has 2 N–H and O–H groups in total. The van der Waals surface area contributed by atoms with Crippen LogP contribution >= 0.6 is 0 Å². The molecule has 0 radical (unpaired) electrons. The van der Waals surface area contributed by atoms with Crippen LogP contribution in [-0.4, -0.2) is 16.2 Å². The Bertz CT molecular complexity index is 795. The summed E-state index contributed by atoms with van der Waals surface area (Å²) in [6.07, 6.45) is 0. The number of hydrogen-bond donors (Lipinski definition) is 2. The predicted octanol–water partition coefficient (Wildman–Crippen LogP) is 3.67. The summed E-state index contributed by atoms with van der Waals surface area (Å²) in [4.78, 5) is 11.7. The van der Waals surface area contributed by atoms with Gasteiger partial charge >= 0.3 is 5.97 Å². The summed E-state index contributed by atoms with van der Waals surface area (Å²) in [6.45, 7) is 0. The molecule has 0 aliphatic rings. The molecule has 114 valence electrons. The molecule has 3 aromatic rings. The third kappa shape index (κ3) is 2.74. The normalized spacial score (nSPS) is 13.3. The van der Waals surface area contributed by atoms with Crippen molar-refractivity contribution in [2.24, 2.45) is 0 Å². The highest BCUT2D eigenvalue weighted by Crippen LogP contribution is 2.31. The number of hydrogen-bond acceptors (Lipinski definition) is 2. The van der Waals surface area contributed by atoms with Gasteiger partial charge in [-0.3, -0.25) is 0 Å². The summed E-state index contributed by atoms with van der Waals surface area (Å²) in [5, 5.41) is 20.4. The molecule has 0 amide bonds. The van der Waals surface area contributed by atoms with Crippen LogP contribution in [0.25, 0.3) is 11.1 Å². The molecule has 0 unspecified atom stereocenters. The Kier molecular flexibility index (Phi) is 3.96. The van der Waals surface area contributed by atoms with E-state index in [1.54, 1.807) is 42.5 Å². The van der Waals surface area contributed by atoms with Crippen LogP contribution in [0.3, 0.4) is 0 Å². The smallest absolute Gasteiger partial charge is 0.345 e. The Morgan fingerprint density at radius 3 is 1.61 bits per heavy atom. The van der Waals surface area contributed by atoms with Crippen molar-refractivity contribution in [3.05, 3.63) is 96.1 Å². The fraction of sp³-hybridized carbons (Fsp3) is 0.0500. The molecule has 0 heterocycles. The number of carbonyl (C=O) groups is 1. The first-order chi connectivity index (χ1) is 11.1. The van der Waals surface area contributed by atoms with Gasteiger partial charge in [-0.1, -0.05) is 84.9 Å². The molecule has 0 saturated carbocycles. The number of aliphatic hydroxyl groups is 1. The number of carboxylic acids is 1. The summed E-state index contributed by atoms with van der Waals surface area (Å²) in [5.41, 5.74) is 0.611. The Morgan fingerprint density at radius 2 is 1.09 bits per heavy atom. The largest absolute Gasteiger partial charge is 0.479 e. The highest BCUT2D eigenvalue weighted by atomic mass is 16.4. The van der Waals surface area contributed by atoms with Gasteiger partial charge in [0.25, 0.3) is 0 Å². The Labute approximate surface area is 134 Å². The van der Waals surface area contributed by atoms with E-state index in [9.17, 15) is 15.0 Å². The van der Waals surface area contributed by atoms with Gasteiger partial charge in [-0.05, 0) is 22.3 Å². The summed E-state index contributed by atoms with van der Waals surface area (Å²) in [6, 6.07) is 25.2. The first-order valence-electron chi connectivity index (χ1n) is 7.29. The van der Waals surface area contributed by atoms with Crippen LogP contribution in [0, 0.1) is 0 Å². The van der Waals surface area contributed by atoms with Crippen LogP contribution in [0.5, 0.6) is 0 Å². The number of carboxylic acid groups (broad SMARTS) is 1. The van der Waals surface area contributed by atoms with Crippen LogP contribution in [-0.2, 0) is 10.4 Å². The second kappa shape index (κ2) is 6.07. The second-order valence-corrected chi connectivity index (χ2v) is 5.32. The maximum Gasteiger partial charge on any atom is 0.345 e. The first kappa shape index (κ1) is 15.0. The van der Waals surface area contributed by atoms with Crippen molar-refractivity contribution in [1.29, 1.82) is 0 Å². The predicted molar refractivity (Wildman–Crippen MR) is 89.0 cm³/mol. The minimum atomic E-state index is -2.06. The van der Waals surface area contributed by atoms with Gasteiger partial charge in [0.1, 0.15) is 0 Å². The van der Waals surface area contributed by atoms with Crippen molar-refractivity contribution in [3.63, 3.8) is 0 Å². The Morgan fingerprint density at radius 1 is 0.652 bits per heavy atom. The molecule has 0 spiro atoms. The fourth-order valence-electron chi connectivity index (χ4n) is 2.63. The van der Waals surface area contributed by atoms with Crippen LogP contribution in [0.1, 0.15) is 11.1 Å². The van der Waals surface area contributed by atoms with Crippen molar-refractivity contribution >= 4 is 5.97 Å². The van der Waals surface area contributed by atoms with Gasteiger partial charge in [-0.15, -0.1) is 0 Å². The summed E-state index contributed by atoms with van der Waals surface area (Å²) >= 11 is 0. The van der Waals surface area contributed by atoms with E-state index in [-0.39, 0.29) is 0 Å². The average molecular weight is 304 g/mol. The highest BCUT2D eigenvalue weighted by molar-refractivity contribution is 5.84. The van der Waals surface area contributed by atoms with Crippen LogP contribution in [0.15, 0.2) is 84.9 Å². The molecule has 3 rings (SSSR count). The van der Waals surface area contributed by atoms with Crippen LogP contribution in [0.2, 0.25) is 0 Å². The fourth-order valence-corrected chi connectivity index (χ4v) is 2.63. The van der Waals surface area contributed by atoms with Gasteiger partial charge in [0.15, 0.2) is 0 Å². The Hall–Kier alpha value is -2.91. The monoisotopic (exact) mass is 304 g/mol. The van der Waals surface area contributed by atoms with Crippen LogP contribution < -0.4 is 0 Å². The zero-order chi connectivity index (χ0) is 16.3. The molecule has 23 heavy (non-hydrogen) atoms. The third-order valence-electron chi connectivity index (χ3n) is 3.91. The number of rotatable bonds is 4. The van der Waals surface area contributed by atoms with Gasteiger partial charge < -0.3 is 10.2 Å². The molecule has 0 aromatic heterocycles. The van der Waals surface area contributed by atoms with Crippen molar-refractivity contribution < 1.29 is 15.0 Å². The molecule has 1 atom stereocenters. The second-order valence-electron chi connectivity index (χ2n) is 5.32. The van der Waals surface area contributed by atoms with E-state index in [1.165, 1.54) is 0 Å².